The minimum Gasteiger partial charge on any atom is -0.482 e. The second-order valence-corrected chi connectivity index (χ2v) is 5.15. The molecule has 1 amide bonds. The van der Waals surface area contributed by atoms with E-state index in [-0.39, 0.29) is 12.5 Å². The Bertz CT molecular complexity index is 614. The highest BCUT2D eigenvalue weighted by atomic mass is 35.5. The number of benzene rings is 2. The van der Waals surface area contributed by atoms with Gasteiger partial charge in [-0.05, 0) is 23.3 Å². The summed E-state index contributed by atoms with van der Waals surface area (Å²) in [5.41, 5.74) is 2.12. The molecule has 1 N–H and O–H groups in total. The van der Waals surface area contributed by atoms with Crippen LogP contribution in [0.2, 0.25) is 5.02 Å². The highest BCUT2D eigenvalue weighted by Crippen LogP contribution is 2.22. The maximum atomic E-state index is 11.8. The van der Waals surface area contributed by atoms with Gasteiger partial charge in [0.25, 0.3) is 5.91 Å². The van der Waals surface area contributed by atoms with Crippen LogP contribution in [0.5, 0.6) is 5.75 Å². The van der Waals surface area contributed by atoms with Crippen molar-refractivity contribution in [2.45, 2.75) is 13.2 Å². The lowest BCUT2D eigenvalue weighted by Crippen LogP contribution is -2.28. The Labute approximate surface area is 135 Å². The Morgan fingerprint density at radius 2 is 1.77 bits per heavy atom. The lowest BCUT2D eigenvalue weighted by Gasteiger charge is -2.09. The topological polar surface area (TPSA) is 47.6 Å². The van der Waals surface area contributed by atoms with E-state index in [1.807, 2.05) is 30.3 Å². The van der Waals surface area contributed by atoms with Gasteiger partial charge < -0.3 is 14.8 Å². The molecule has 0 unspecified atom stereocenters. The smallest absolute Gasteiger partial charge is 0.258 e. The Morgan fingerprint density at radius 1 is 1.09 bits per heavy atom. The molecule has 0 bridgehead atoms. The third-order valence-electron chi connectivity index (χ3n) is 3.02. The molecule has 2 rings (SSSR count). The molecular weight excluding hydrogens is 302 g/mol. The van der Waals surface area contributed by atoms with E-state index in [0.29, 0.717) is 23.9 Å². The van der Waals surface area contributed by atoms with Crippen LogP contribution in [0, 0.1) is 0 Å². The fourth-order valence-corrected chi connectivity index (χ4v) is 2.07. The summed E-state index contributed by atoms with van der Waals surface area (Å²) in [7, 11) is 1.66. The van der Waals surface area contributed by atoms with E-state index < -0.39 is 0 Å². The average Bonchev–Trinajstić information content (AvgIpc) is 2.54. The number of ether oxygens (including phenoxy) is 2. The highest BCUT2D eigenvalue weighted by molar-refractivity contribution is 6.32. The molecule has 0 aliphatic carbocycles. The molecule has 5 heteroatoms. The molecule has 0 aliphatic rings. The number of carbonyl (C=O) groups is 1. The molecule has 0 fully saturated rings. The molecule has 0 spiro atoms. The van der Waals surface area contributed by atoms with E-state index in [1.54, 1.807) is 25.3 Å². The van der Waals surface area contributed by atoms with Gasteiger partial charge in [0, 0.05) is 13.7 Å². The quantitative estimate of drug-likeness (QED) is 0.852. The van der Waals surface area contributed by atoms with Gasteiger partial charge in [-0.3, -0.25) is 4.79 Å². The third kappa shape index (κ3) is 5.06. The number of rotatable bonds is 7. The van der Waals surface area contributed by atoms with Gasteiger partial charge in [-0.1, -0.05) is 48.0 Å². The lowest BCUT2D eigenvalue weighted by molar-refractivity contribution is -0.123. The Kier molecular flexibility index (Phi) is 6.25. The first-order valence-corrected chi connectivity index (χ1v) is 7.27. The fourth-order valence-electron chi connectivity index (χ4n) is 1.88. The Morgan fingerprint density at radius 3 is 2.45 bits per heavy atom. The van der Waals surface area contributed by atoms with Crippen molar-refractivity contribution in [3.63, 3.8) is 0 Å². The van der Waals surface area contributed by atoms with Crippen molar-refractivity contribution < 1.29 is 14.3 Å². The molecule has 0 heterocycles. The van der Waals surface area contributed by atoms with Crippen LogP contribution >= 0.6 is 11.6 Å². The van der Waals surface area contributed by atoms with Crippen LogP contribution in [0.1, 0.15) is 11.1 Å². The van der Waals surface area contributed by atoms with Crippen LogP contribution in [0.4, 0.5) is 0 Å². The molecule has 4 nitrogen and oxygen atoms in total. The predicted octanol–water partition coefficient (Wildman–Crippen LogP) is 3.18. The van der Waals surface area contributed by atoms with E-state index in [0.717, 1.165) is 11.1 Å². The van der Waals surface area contributed by atoms with Crippen molar-refractivity contribution >= 4 is 17.5 Å². The summed E-state index contributed by atoms with van der Waals surface area (Å²) >= 11 is 5.95. The maximum absolute atomic E-state index is 11.8. The first kappa shape index (κ1) is 16.3. The zero-order chi connectivity index (χ0) is 15.8. The van der Waals surface area contributed by atoms with Crippen molar-refractivity contribution in [3.05, 3.63) is 64.7 Å². The second-order valence-electron chi connectivity index (χ2n) is 4.75. The number of carbonyl (C=O) groups excluding carboxylic acids is 1. The summed E-state index contributed by atoms with van der Waals surface area (Å²) in [6.07, 6.45) is 0. The number of halogens is 1. The first-order valence-electron chi connectivity index (χ1n) is 6.90. The summed E-state index contributed by atoms with van der Waals surface area (Å²) in [6.45, 7) is 0.974. The van der Waals surface area contributed by atoms with Gasteiger partial charge in [-0.15, -0.1) is 0 Å². The third-order valence-corrected chi connectivity index (χ3v) is 3.33. The average molecular weight is 320 g/mol. The summed E-state index contributed by atoms with van der Waals surface area (Å²) in [4.78, 5) is 11.8. The number of para-hydroxylation sites is 1. The van der Waals surface area contributed by atoms with Gasteiger partial charge in [-0.25, -0.2) is 0 Å². The van der Waals surface area contributed by atoms with Crippen molar-refractivity contribution in [1.82, 2.24) is 5.32 Å². The minimum atomic E-state index is -0.194. The molecule has 116 valence electrons. The summed E-state index contributed by atoms with van der Waals surface area (Å²) < 4.78 is 10.4. The largest absolute Gasteiger partial charge is 0.482 e. The van der Waals surface area contributed by atoms with Crippen LogP contribution < -0.4 is 10.1 Å². The molecule has 2 aromatic rings. The van der Waals surface area contributed by atoms with Crippen LogP contribution in [0.3, 0.4) is 0 Å². The number of nitrogens with one attached hydrogen (secondary N) is 1. The Balaban J connectivity index is 1.76. The van der Waals surface area contributed by atoms with Gasteiger partial charge in [0.2, 0.25) is 0 Å². The number of hydrogen-bond donors (Lipinski definition) is 1. The van der Waals surface area contributed by atoms with Crippen molar-refractivity contribution in [2.75, 3.05) is 13.7 Å². The van der Waals surface area contributed by atoms with Crippen LogP contribution in [0.25, 0.3) is 0 Å². The molecule has 0 atom stereocenters. The number of methoxy groups -OCH3 is 1. The standard InChI is InChI=1S/C17H18ClNO3/c1-21-11-14-8-6-13(7-9-14)10-19-17(20)12-22-16-5-3-2-4-15(16)18/h2-9H,10-12H2,1H3,(H,19,20). The zero-order valence-electron chi connectivity index (χ0n) is 12.3. The van der Waals surface area contributed by atoms with Gasteiger partial charge in [0.05, 0.1) is 11.6 Å². The molecule has 22 heavy (non-hydrogen) atoms. The maximum Gasteiger partial charge on any atom is 0.258 e. The highest BCUT2D eigenvalue weighted by Gasteiger charge is 2.05. The molecule has 0 saturated heterocycles. The van der Waals surface area contributed by atoms with Crippen LogP contribution in [0.15, 0.2) is 48.5 Å². The van der Waals surface area contributed by atoms with Crippen LogP contribution in [-0.4, -0.2) is 19.6 Å². The fraction of sp³-hybridized carbons (Fsp3) is 0.235. The number of amides is 1. The molecule has 0 saturated carbocycles. The molecular formula is C17H18ClNO3. The van der Waals surface area contributed by atoms with E-state index in [4.69, 9.17) is 21.1 Å². The predicted molar refractivity (Wildman–Crippen MR) is 85.9 cm³/mol. The van der Waals surface area contributed by atoms with Crippen LogP contribution in [-0.2, 0) is 22.7 Å². The van der Waals surface area contributed by atoms with Crippen molar-refractivity contribution in [1.29, 1.82) is 0 Å². The van der Waals surface area contributed by atoms with E-state index in [2.05, 4.69) is 5.32 Å². The summed E-state index contributed by atoms with van der Waals surface area (Å²) in [5, 5.41) is 3.29. The first-order chi connectivity index (χ1) is 10.7. The van der Waals surface area contributed by atoms with Crippen molar-refractivity contribution in [3.8, 4) is 5.75 Å². The zero-order valence-corrected chi connectivity index (χ0v) is 13.1. The van der Waals surface area contributed by atoms with Gasteiger partial charge >= 0.3 is 0 Å². The monoisotopic (exact) mass is 319 g/mol. The van der Waals surface area contributed by atoms with Gasteiger partial charge in [0.15, 0.2) is 6.61 Å². The summed E-state index contributed by atoms with van der Waals surface area (Å²) in [5.74, 6) is 0.309. The SMILES string of the molecule is COCc1ccc(CNC(=O)COc2ccccc2Cl)cc1. The normalized spacial score (nSPS) is 10.3. The number of hydrogen-bond acceptors (Lipinski definition) is 3. The second kappa shape index (κ2) is 8.41. The van der Waals surface area contributed by atoms with Gasteiger partial charge in [-0.2, -0.15) is 0 Å². The van der Waals surface area contributed by atoms with E-state index >= 15 is 0 Å². The molecule has 0 radical (unpaired) electrons. The Hall–Kier alpha value is -2.04. The molecule has 0 aliphatic heterocycles. The van der Waals surface area contributed by atoms with Crippen molar-refractivity contribution in [2.24, 2.45) is 0 Å². The van der Waals surface area contributed by atoms with Gasteiger partial charge in [0.1, 0.15) is 5.75 Å². The lowest BCUT2D eigenvalue weighted by atomic mass is 10.1. The van der Waals surface area contributed by atoms with E-state index in [9.17, 15) is 4.79 Å². The molecule has 2 aromatic carbocycles. The molecule has 0 aromatic heterocycles. The minimum absolute atomic E-state index is 0.0640. The van der Waals surface area contributed by atoms with E-state index in [1.165, 1.54) is 0 Å². The summed E-state index contributed by atoms with van der Waals surface area (Å²) in [6, 6.07) is 14.9.